The molecule has 0 aliphatic heterocycles. The maximum absolute atomic E-state index is 10.4. The molecule has 0 saturated carbocycles. The molecule has 0 unspecified atom stereocenters. The van der Waals surface area contributed by atoms with Crippen LogP contribution in [0.5, 0.6) is 11.5 Å². The van der Waals surface area contributed by atoms with Gasteiger partial charge in [0, 0.05) is 11.4 Å². The van der Waals surface area contributed by atoms with Crippen molar-refractivity contribution >= 4 is 11.4 Å². The second kappa shape index (κ2) is 6.04. The standard InChI is InChI=1S/C25H20N2O2/c26-17-5-1-15(2-6-17)25(16-3-7-18(27)8-4-16)23-13-19(28)9-11-21(23)22-12-10-20(29)14-24(22)25/h1-14,28-29H,26-27H2. The highest BCUT2D eigenvalue weighted by Crippen LogP contribution is 2.57. The summed E-state index contributed by atoms with van der Waals surface area (Å²) < 4.78 is 0. The predicted molar refractivity (Wildman–Crippen MR) is 116 cm³/mol. The number of anilines is 2. The van der Waals surface area contributed by atoms with E-state index in [1.807, 2.05) is 60.7 Å². The molecule has 0 aromatic heterocycles. The summed E-state index contributed by atoms with van der Waals surface area (Å²) in [7, 11) is 0. The zero-order valence-corrected chi connectivity index (χ0v) is 15.6. The number of nitrogens with two attached hydrogens (primary N) is 2. The van der Waals surface area contributed by atoms with Gasteiger partial charge in [0.25, 0.3) is 0 Å². The van der Waals surface area contributed by atoms with Crippen LogP contribution in [0.4, 0.5) is 11.4 Å². The molecule has 142 valence electrons. The molecule has 5 rings (SSSR count). The number of hydrogen-bond donors (Lipinski definition) is 4. The van der Waals surface area contributed by atoms with Crippen LogP contribution in [0, 0.1) is 0 Å². The van der Waals surface area contributed by atoms with Gasteiger partial charge in [-0.05, 0) is 81.9 Å². The van der Waals surface area contributed by atoms with Crippen LogP contribution in [-0.4, -0.2) is 10.2 Å². The number of hydrogen-bond acceptors (Lipinski definition) is 4. The van der Waals surface area contributed by atoms with Gasteiger partial charge in [0.05, 0.1) is 5.41 Å². The summed E-state index contributed by atoms with van der Waals surface area (Å²) in [6.45, 7) is 0. The monoisotopic (exact) mass is 380 g/mol. The number of phenolic OH excluding ortho intramolecular Hbond substituents is 2. The van der Waals surface area contributed by atoms with Gasteiger partial charge in [0.1, 0.15) is 11.5 Å². The van der Waals surface area contributed by atoms with Crippen molar-refractivity contribution in [2.75, 3.05) is 11.5 Å². The Labute approximate surface area is 168 Å². The van der Waals surface area contributed by atoms with E-state index < -0.39 is 5.41 Å². The van der Waals surface area contributed by atoms with Crippen molar-refractivity contribution in [1.82, 2.24) is 0 Å². The van der Waals surface area contributed by atoms with E-state index in [1.54, 1.807) is 24.3 Å². The van der Waals surface area contributed by atoms with Crippen LogP contribution in [0.2, 0.25) is 0 Å². The third-order valence-corrected chi connectivity index (χ3v) is 5.79. The molecule has 0 heterocycles. The minimum Gasteiger partial charge on any atom is -0.508 e. The topological polar surface area (TPSA) is 92.5 Å². The Hall–Kier alpha value is -3.92. The fourth-order valence-corrected chi connectivity index (χ4v) is 4.55. The average Bonchev–Trinajstić information content (AvgIpc) is 2.99. The summed E-state index contributed by atoms with van der Waals surface area (Å²) in [6.07, 6.45) is 0. The van der Waals surface area contributed by atoms with E-state index in [2.05, 4.69) is 0 Å². The highest BCUT2D eigenvalue weighted by Gasteiger charge is 2.46. The molecule has 0 bridgehead atoms. The molecule has 0 saturated heterocycles. The molecule has 4 aromatic rings. The average molecular weight is 380 g/mol. The Morgan fingerprint density at radius 2 is 0.897 bits per heavy atom. The number of benzene rings is 4. The molecule has 0 amide bonds. The second-order valence-corrected chi connectivity index (χ2v) is 7.45. The predicted octanol–water partition coefficient (Wildman–Crippen LogP) is 4.63. The number of phenols is 2. The van der Waals surface area contributed by atoms with Crippen LogP contribution in [-0.2, 0) is 5.41 Å². The molecule has 6 N–H and O–H groups in total. The molecule has 4 aromatic carbocycles. The Kier molecular flexibility index (Phi) is 3.58. The van der Waals surface area contributed by atoms with Crippen LogP contribution in [0.15, 0.2) is 84.9 Å². The van der Waals surface area contributed by atoms with Crippen LogP contribution in [0.25, 0.3) is 11.1 Å². The van der Waals surface area contributed by atoms with E-state index in [-0.39, 0.29) is 11.5 Å². The molecule has 0 atom stereocenters. The van der Waals surface area contributed by atoms with Crippen molar-refractivity contribution < 1.29 is 10.2 Å². The lowest BCUT2D eigenvalue weighted by molar-refractivity contribution is 0.473. The fraction of sp³-hybridized carbons (Fsp3) is 0.0400. The van der Waals surface area contributed by atoms with Crippen molar-refractivity contribution in [1.29, 1.82) is 0 Å². The molecule has 0 spiro atoms. The molecule has 1 aliphatic carbocycles. The molecule has 0 fully saturated rings. The Balaban J connectivity index is 1.97. The van der Waals surface area contributed by atoms with E-state index in [0.29, 0.717) is 11.4 Å². The van der Waals surface area contributed by atoms with Crippen molar-refractivity contribution in [2.24, 2.45) is 0 Å². The van der Waals surface area contributed by atoms with Gasteiger partial charge in [0.2, 0.25) is 0 Å². The Morgan fingerprint density at radius 3 is 1.28 bits per heavy atom. The van der Waals surface area contributed by atoms with Crippen LogP contribution >= 0.6 is 0 Å². The second-order valence-electron chi connectivity index (χ2n) is 7.45. The first kappa shape index (κ1) is 17.2. The molecular formula is C25H20N2O2. The Bertz CT molecular complexity index is 1130. The first-order valence-electron chi connectivity index (χ1n) is 9.39. The van der Waals surface area contributed by atoms with Crippen molar-refractivity contribution in [3.8, 4) is 22.6 Å². The maximum Gasteiger partial charge on any atom is 0.115 e. The van der Waals surface area contributed by atoms with E-state index in [0.717, 1.165) is 33.4 Å². The lowest BCUT2D eigenvalue weighted by Crippen LogP contribution is -2.28. The number of fused-ring (bicyclic) bond motifs is 3. The molecular weight excluding hydrogens is 360 g/mol. The van der Waals surface area contributed by atoms with Crippen molar-refractivity contribution in [3.63, 3.8) is 0 Å². The van der Waals surface area contributed by atoms with Crippen LogP contribution in [0.1, 0.15) is 22.3 Å². The quantitative estimate of drug-likeness (QED) is 0.336. The van der Waals surface area contributed by atoms with E-state index in [9.17, 15) is 10.2 Å². The van der Waals surface area contributed by atoms with Crippen molar-refractivity contribution in [3.05, 3.63) is 107 Å². The van der Waals surface area contributed by atoms with Gasteiger partial charge in [-0.2, -0.15) is 0 Å². The number of aromatic hydroxyl groups is 2. The fourth-order valence-electron chi connectivity index (χ4n) is 4.55. The van der Waals surface area contributed by atoms with Gasteiger partial charge in [-0.25, -0.2) is 0 Å². The minimum absolute atomic E-state index is 0.191. The molecule has 4 heteroatoms. The van der Waals surface area contributed by atoms with Crippen LogP contribution in [0.3, 0.4) is 0 Å². The Morgan fingerprint density at radius 1 is 0.517 bits per heavy atom. The van der Waals surface area contributed by atoms with Crippen molar-refractivity contribution in [2.45, 2.75) is 5.41 Å². The van der Waals surface area contributed by atoms with Crippen LogP contribution < -0.4 is 11.5 Å². The molecule has 29 heavy (non-hydrogen) atoms. The summed E-state index contributed by atoms with van der Waals surface area (Å²) in [4.78, 5) is 0. The van der Waals surface area contributed by atoms with Gasteiger partial charge in [-0.15, -0.1) is 0 Å². The highest BCUT2D eigenvalue weighted by atomic mass is 16.3. The number of rotatable bonds is 2. The molecule has 1 aliphatic rings. The number of nitrogen functional groups attached to an aromatic ring is 2. The van der Waals surface area contributed by atoms with E-state index >= 15 is 0 Å². The van der Waals surface area contributed by atoms with Gasteiger partial charge >= 0.3 is 0 Å². The van der Waals surface area contributed by atoms with E-state index in [4.69, 9.17) is 11.5 Å². The minimum atomic E-state index is -0.719. The summed E-state index contributed by atoms with van der Waals surface area (Å²) in [5.41, 5.74) is 18.5. The maximum atomic E-state index is 10.4. The summed E-state index contributed by atoms with van der Waals surface area (Å²) in [6, 6.07) is 26.3. The molecule has 4 nitrogen and oxygen atoms in total. The summed E-state index contributed by atoms with van der Waals surface area (Å²) in [5, 5.41) is 20.7. The zero-order valence-electron chi connectivity index (χ0n) is 15.6. The summed E-state index contributed by atoms with van der Waals surface area (Å²) >= 11 is 0. The van der Waals surface area contributed by atoms with Gasteiger partial charge in [-0.1, -0.05) is 36.4 Å². The lowest BCUT2D eigenvalue weighted by atomic mass is 9.67. The third kappa shape index (κ3) is 2.39. The first-order chi connectivity index (χ1) is 14.0. The largest absolute Gasteiger partial charge is 0.508 e. The van der Waals surface area contributed by atoms with Gasteiger partial charge in [-0.3, -0.25) is 0 Å². The van der Waals surface area contributed by atoms with Gasteiger partial charge in [0.15, 0.2) is 0 Å². The first-order valence-corrected chi connectivity index (χ1v) is 9.39. The van der Waals surface area contributed by atoms with Gasteiger partial charge < -0.3 is 21.7 Å². The third-order valence-electron chi connectivity index (χ3n) is 5.79. The molecule has 0 radical (unpaired) electrons. The lowest BCUT2D eigenvalue weighted by Gasteiger charge is -2.34. The zero-order chi connectivity index (χ0) is 20.2. The smallest absolute Gasteiger partial charge is 0.115 e. The summed E-state index contributed by atoms with van der Waals surface area (Å²) in [5.74, 6) is 0.382. The van der Waals surface area contributed by atoms with E-state index in [1.165, 1.54) is 0 Å². The highest BCUT2D eigenvalue weighted by molar-refractivity contribution is 5.87. The normalized spacial score (nSPS) is 13.7. The SMILES string of the molecule is Nc1ccc(C2(c3ccc(N)cc3)c3cc(O)ccc3-c3ccc(O)cc32)cc1.